The monoisotopic (exact) mass is 520 g/mol. The Morgan fingerprint density at radius 1 is 1.03 bits per heavy atom. The smallest absolute Gasteiger partial charge is 0.408 e. The van der Waals surface area contributed by atoms with Gasteiger partial charge in [-0.05, 0) is 53.5 Å². The molecule has 2 atom stereocenters. The minimum atomic E-state index is -1.17. The van der Waals surface area contributed by atoms with Gasteiger partial charge in [0.15, 0.2) is 0 Å². The summed E-state index contributed by atoms with van der Waals surface area (Å²) in [5.41, 5.74) is 6.78. The fourth-order valence-corrected chi connectivity index (χ4v) is 3.70. The zero-order chi connectivity index (χ0) is 28.3. The van der Waals surface area contributed by atoms with Crippen LogP contribution in [0, 0.1) is 13.8 Å². The highest BCUT2D eigenvalue weighted by molar-refractivity contribution is 5.92. The summed E-state index contributed by atoms with van der Waals surface area (Å²) in [5, 5.41) is 5.18. The summed E-state index contributed by atoms with van der Waals surface area (Å²) in [5.74, 6) is -2.23. The number of amides is 4. The first-order valence-corrected chi connectivity index (χ1v) is 12.2. The Balaban J connectivity index is 3.26. The number of hydrogen-bond acceptors (Lipinski definition) is 7. The molecule has 1 aromatic carbocycles. The second kappa shape index (κ2) is 14.2. The van der Waals surface area contributed by atoms with Gasteiger partial charge in [0, 0.05) is 20.0 Å². The number of nitrogens with one attached hydrogen (secondary N) is 2. The molecule has 0 radical (unpaired) electrons. The van der Waals surface area contributed by atoms with Crippen molar-refractivity contribution in [2.75, 3.05) is 20.2 Å². The van der Waals surface area contributed by atoms with Crippen LogP contribution in [0.3, 0.4) is 0 Å². The molecule has 0 aliphatic carbocycles. The molecule has 2 unspecified atom stereocenters. The van der Waals surface area contributed by atoms with Crippen molar-refractivity contribution in [2.45, 2.75) is 78.5 Å². The van der Waals surface area contributed by atoms with Crippen LogP contribution >= 0.6 is 0 Å². The van der Waals surface area contributed by atoms with Crippen molar-refractivity contribution in [3.8, 4) is 0 Å². The number of carbonyl (C=O) groups is 5. The van der Waals surface area contributed by atoms with E-state index in [0.29, 0.717) is 5.56 Å². The highest BCUT2D eigenvalue weighted by atomic mass is 16.6. The van der Waals surface area contributed by atoms with Crippen molar-refractivity contribution in [3.63, 3.8) is 0 Å². The molecule has 0 heterocycles. The lowest BCUT2D eigenvalue weighted by Gasteiger charge is -2.32. The maximum atomic E-state index is 13.6. The topological polar surface area (TPSA) is 157 Å². The molecular formula is C26H40N4O7. The van der Waals surface area contributed by atoms with Crippen molar-refractivity contribution in [1.82, 2.24) is 15.5 Å². The zero-order valence-electron chi connectivity index (χ0n) is 22.8. The normalized spacial score (nSPS) is 12.6. The largest absolute Gasteiger partial charge is 0.466 e. The third kappa shape index (κ3) is 11.3. The molecule has 4 amide bonds. The lowest BCUT2D eigenvalue weighted by atomic mass is 9.98. The van der Waals surface area contributed by atoms with Gasteiger partial charge in [0.05, 0.1) is 13.0 Å². The second-order valence-corrected chi connectivity index (χ2v) is 9.82. The second-order valence-electron chi connectivity index (χ2n) is 9.82. The summed E-state index contributed by atoms with van der Waals surface area (Å²) in [6, 6.07) is 3.25. The van der Waals surface area contributed by atoms with Crippen LogP contribution in [0.2, 0.25) is 0 Å². The summed E-state index contributed by atoms with van der Waals surface area (Å²) < 4.78 is 10.2. The van der Waals surface area contributed by atoms with E-state index in [2.05, 4.69) is 10.6 Å². The van der Waals surface area contributed by atoms with Crippen LogP contribution in [0.5, 0.6) is 0 Å². The van der Waals surface area contributed by atoms with Crippen molar-refractivity contribution in [1.29, 1.82) is 0 Å². The van der Waals surface area contributed by atoms with Gasteiger partial charge in [-0.2, -0.15) is 0 Å². The van der Waals surface area contributed by atoms with Crippen LogP contribution in [0.4, 0.5) is 4.79 Å². The molecule has 0 bridgehead atoms. The molecule has 0 spiro atoms. The lowest BCUT2D eigenvalue weighted by molar-refractivity contribution is -0.144. The van der Waals surface area contributed by atoms with E-state index in [1.807, 2.05) is 19.9 Å². The fraction of sp³-hybridized carbons (Fsp3) is 0.577. The van der Waals surface area contributed by atoms with E-state index >= 15 is 0 Å². The van der Waals surface area contributed by atoms with Gasteiger partial charge in [-0.25, -0.2) is 4.79 Å². The van der Waals surface area contributed by atoms with Gasteiger partial charge in [-0.15, -0.1) is 0 Å². The predicted octanol–water partition coefficient (Wildman–Crippen LogP) is 2.03. The van der Waals surface area contributed by atoms with Gasteiger partial charge in [-0.3, -0.25) is 19.2 Å². The summed E-state index contributed by atoms with van der Waals surface area (Å²) >= 11 is 0. The Labute approximate surface area is 218 Å². The van der Waals surface area contributed by atoms with Gasteiger partial charge in [0.2, 0.25) is 17.7 Å². The Hall–Kier alpha value is -3.63. The molecule has 1 rings (SSSR count). The number of likely N-dealkylation sites (N-methyl/N-ethyl adjacent to an activating group) is 1. The van der Waals surface area contributed by atoms with Crippen LogP contribution in [0.15, 0.2) is 18.2 Å². The van der Waals surface area contributed by atoms with Gasteiger partial charge in [0.25, 0.3) is 0 Å². The Kier molecular flexibility index (Phi) is 12.0. The number of carbonyl (C=O) groups excluding carboxylic acids is 5. The average molecular weight is 521 g/mol. The van der Waals surface area contributed by atoms with E-state index in [1.54, 1.807) is 39.8 Å². The maximum absolute atomic E-state index is 13.6. The minimum Gasteiger partial charge on any atom is -0.466 e. The third-order valence-corrected chi connectivity index (χ3v) is 5.15. The molecule has 0 saturated carbocycles. The van der Waals surface area contributed by atoms with Crippen molar-refractivity contribution < 1.29 is 33.4 Å². The van der Waals surface area contributed by atoms with Crippen LogP contribution in [0.1, 0.15) is 69.7 Å². The molecule has 0 aromatic heterocycles. The van der Waals surface area contributed by atoms with Crippen LogP contribution < -0.4 is 16.4 Å². The predicted molar refractivity (Wildman–Crippen MR) is 137 cm³/mol. The number of aryl methyl sites for hydroxylation is 2. The first kappa shape index (κ1) is 31.4. The Morgan fingerprint density at radius 3 is 2.14 bits per heavy atom. The highest BCUT2D eigenvalue weighted by Crippen LogP contribution is 2.24. The highest BCUT2D eigenvalue weighted by Gasteiger charge is 2.34. The maximum Gasteiger partial charge on any atom is 0.408 e. The molecule has 0 saturated heterocycles. The molecular weight excluding hydrogens is 480 g/mol. The Morgan fingerprint density at radius 2 is 1.62 bits per heavy atom. The van der Waals surface area contributed by atoms with Crippen LogP contribution in [0.25, 0.3) is 0 Å². The zero-order valence-corrected chi connectivity index (χ0v) is 22.8. The number of esters is 1. The number of hydrogen-bond donors (Lipinski definition) is 3. The molecule has 0 aliphatic heterocycles. The van der Waals surface area contributed by atoms with E-state index in [9.17, 15) is 24.0 Å². The molecule has 0 fully saturated rings. The van der Waals surface area contributed by atoms with Crippen molar-refractivity contribution in [3.05, 3.63) is 34.9 Å². The molecule has 11 nitrogen and oxygen atoms in total. The number of alkyl carbamates (subject to hydrolysis) is 1. The van der Waals surface area contributed by atoms with Crippen LogP contribution in [-0.4, -0.2) is 66.5 Å². The van der Waals surface area contributed by atoms with Crippen LogP contribution in [-0.2, 0) is 28.7 Å². The number of nitrogens with zero attached hydrogens (tertiary/aromatic N) is 1. The molecule has 1 aromatic rings. The molecule has 4 N–H and O–H groups in total. The first-order valence-electron chi connectivity index (χ1n) is 12.2. The number of primary amides is 1. The number of nitrogens with two attached hydrogens (primary N) is 1. The summed E-state index contributed by atoms with van der Waals surface area (Å²) in [6.07, 6.45) is -1.12. The van der Waals surface area contributed by atoms with E-state index in [1.165, 1.54) is 11.9 Å². The molecule has 11 heteroatoms. The van der Waals surface area contributed by atoms with Gasteiger partial charge < -0.3 is 30.7 Å². The van der Waals surface area contributed by atoms with Gasteiger partial charge in [0.1, 0.15) is 17.7 Å². The van der Waals surface area contributed by atoms with E-state index in [-0.39, 0.29) is 32.4 Å². The first-order chi connectivity index (χ1) is 17.1. The van der Waals surface area contributed by atoms with Crippen molar-refractivity contribution >= 4 is 29.8 Å². The van der Waals surface area contributed by atoms with Gasteiger partial charge >= 0.3 is 12.1 Å². The van der Waals surface area contributed by atoms with E-state index in [4.69, 9.17) is 15.2 Å². The van der Waals surface area contributed by atoms with E-state index in [0.717, 1.165) is 11.1 Å². The SMILES string of the molecule is CCOC(=O)CCNC(=O)C(c1cc(C)cc(C)c1)N(C)C(=O)C(CCC(N)=O)NC(=O)OC(C)(C)C. The quantitative estimate of drug-likeness (QED) is 0.356. The van der Waals surface area contributed by atoms with Crippen molar-refractivity contribution in [2.24, 2.45) is 5.73 Å². The Bertz CT molecular complexity index is 967. The number of rotatable bonds is 12. The third-order valence-electron chi connectivity index (χ3n) is 5.15. The molecule has 206 valence electrons. The number of ether oxygens (including phenoxy) is 2. The van der Waals surface area contributed by atoms with Gasteiger partial charge in [-0.1, -0.05) is 29.3 Å². The number of benzene rings is 1. The lowest BCUT2D eigenvalue weighted by Crippen LogP contribution is -2.52. The standard InChI is InChI=1S/C26H40N4O7/c1-8-36-21(32)11-12-28-23(33)22(18-14-16(2)13-17(3)15-18)30(7)24(34)19(9-10-20(27)31)29-25(35)37-26(4,5)6/h13-15,19,22H,8-12H2,1-7H3,(H2,27,31)(H,28,33)(H,29,35). The fourth-order valence-electron chi connectivity index (χ4n) is 3.70. The summed E-state index contributed by atoms with van der Waals surface area (Å²) in [4.78, 5) is 63.6. The molecule has 0 aliphatic rings. The summed E-state index contributed by atoms with van der Waals surface area (Å²) in [6.45, 7) is 10.7. The molecule has 37 heavy (non-hydrogen) atoms. The minimum absolute atomic E-state index is 0.0161. The average Bonchev–Trinajstić information content (AvgIpc) is 2.74. The summed E-state index contributed by atoms with van der Waals surface area (Å²) in [7, 11) is 1.43. The van der Waals surface area contributed by atoms with E-state index < -0.39 is 47.5 Å².